The molecule has 0 aliphatic carbocycles. The minimum Gasteiger partial charge on any atom is -0.384 e. The maximum absolute atomic E-state index is 7.56. The molecule has 0 fully saturated rings. The summed E-state index contributed by atoms with van der Waals surface area (Å²) in [6.07, 6.45) is 0. The number of rotatable bonds is 4. The second kappa shape index (κ2) is 4.82. The topological polar surface area (TPSA) is 96.7 Å². The molecular formula is C11H15N7. The summed E-state index contributed by atoms with van der Waals surface area (Å²) in [7, 11) is 3.62. The molecule has 0 spiro atoms. The molecule has 0 bridgehead atoms. The Labute approximate surface area is 105 Å². The molecule has 7 heteroatoms. The minimum atomic E-state index is 0.0459. The Kier molecular flexibility index (Phi) is 3.22. The average Bonchev–Trinajstić information content (AvgIpc) is 2.74. The van der Waals surface area contributed by atoms with E-state index in [1.165, 1.54) is 4.80 Å². The van der Waals surface area contributed by atoms with E-state index < -0.39 is 0 Å². The number of benzene rings is 1. The Balaban J connectivity index is 2.23. The van der Waals surface area contributed by atoms with Crippen molar-refractivity contribution in [3.63, 3.8) is 0 Å². The predicted molar refractivity (Wildman–Crippen MR) is 68.4 cm³/mol. The van der Waals surface area contributed by atoms with Gasteiger partial charge in [-0.1, -0.05) is 12.1 Å². The normalized spacial score (nSPS) is 10.3. The third-order valence-corrected chi connectivity index (χ3v) is 2.53. The van der Waals surface area contributed by atoms with Gasteiger partial charge in [0.2, 0.25) is 0 Å². The molecular weight excluding hydrogens is 230 g/mol. The number of nitrogens with two attached hydrogens (primary N) is 1. The molecule has 3 N–H and O–H groups in total. The second-order valence-electron chi connectivity index (χ2n) is 3.98. The van der Waals surface area contributed by atoms with Gasteiger partial charge in [-0.25, -0.2) is 0 Å². The van der Waals surface area contributed by atoms with E-state index in [4.69, 9.17) is 11.1 Å². The van der Waals surface area contributed by atoms with E-state index in [1.807, 2.05) is 36.2 Å². The van der Waals surface area contributed by atoms with Crippen molar-refractivity contribution < 1.29 is 0 Å². The first-order valence-electron chi connectivity index (χ1n) is 5.45. The van der Waals surface area contributed by atoms with Gasteiger partial charge in [-0.05, 0) is 17.3 Å². The van der Waals surface area contributed by atoms with Crippen LogP contribution in [0.25, 0.3) is 0 Å². The molecule has 18 heavy (non-hydrogen) atoms. The summed E-state index contributed by atoms with van der Waals surface area (Å²) in [6, 6.07) is 7.49. The molecule has 7 nitrogen and oxygen atoms in total. The van der Waals surface area contributed by atoms with Gasteiger partial charge in [-0.15, -0.1) is 10.2 Å². The van der Waals surface area contributed by atoms with Gasteiger partial charge in [0, 0.05) is 18.3 Å². The molecule has 2 rings (SSSR count). The number of tetrazole rings is 1. The number of hydrogen-bond acceptors (Lipinski definition) is 5. The van der Waals surface area contributed by atoms with Gasteiger partial charge in [0.05, 0.1) is 13.6 Å². The van der Waals surface area contributed by atoms with Crippen molar-refractivity contribution in [1.82, 2.24) is 20.2 Å². The molecule has 0 unspecified atom stereocenters. The molecule has 0 aliphatic heterocycles. The Bertz CT molecular complexity index is 560. The van der Waals surface area contributed by atoms with Crippen molar-refractivity contribution in [3.8, 4) is 0 Å². The van der Waals surface area contributed by atoms with Crippen LogP contribution in [0.4, 0.5) is 5.69 Å². The summed E-state index contributed by atoms with van der Waals surface area (Å²) in [5, 5.41) is 19.4. The molecule has 0 atom stereocenters. The van der Waals surface area contributed by atoms with Crippen LogP contribution in [0.3, 0.4) is 0 Å². The zero-order chi connectivity index (χ0) is 13.1. The van der Waals surface area contributed by atoms with Crippen LogP contribution in [0.1, 0.15) is 11.4 Å². The maximum atomic E-state index is 7.56. The number of amidine groups is 1. The van der Waals surface area contributed by atoms with Crippen molar-refractivity contribution in [1.29, 1.82) is 5.41 Å². The van der Waals surface area contributed by atoms with Crippen molar-refractivity contribution in [2.24, 2.45) is 12.8 Å². The second-order valence-corrected chi connectivity index (χ2v) is 3.98. The van der Waals surface area contributed by atoms with E-state index in [9.17, 15) is 0 Å². The highest BCUT2D eigenvalue weighted by atomic mass is 15.6. The fourth-order valence-electron chi connectivity index (χ4n) is 1.72. The fourth-order valence-corrected chi connectivity index (χ4v) is 1.72. The molecule has 1 aromatic carbocycles. The lowest BCUT2D eigenvalue weighted by Gasteiger charge is -2.20. The maximum Gasteiger partial charge on any atom is 0.193 e. The third kappa shape index (κ3) is 2.45. The monoisotopic (exact) mass is 245 g/mol. The molecule has 0 radical (unpaired) electrons. The van der Waals surface area contributed by atoms with Crippen LogP contribution in [-0.4, -0.2) is 33.1 Å². The molecule has 1 heterocycles. The summed E-state index contributed by atoms with van der Waals surface area (Å²) in [5.74, 6) is 0.669. The molecule has 0 saturated heterocycles. The van der Waals surface area contributed by atoms with Gasteiger partial charge in [0.25, 0.3) is 0 Å². The average molecular weight is 245 g/mol. The van der Waals surface area contributed by atoms with E-state index >= 15 is 0 Å². The molecule has 1 aromatic heterocycles. The van der Waals surface area contributed by atoms with E-state index in [0.29, 0.717) is 17.9 Å². The van der Waals surface area contributed by atoms with E-state index in [-0.39, 0.29) is 5.84 Å². The highest BCUT2D eigenvalue weighted by Crippen LogP contribution is 2.19. The fraction of sp³-hybridized carbons (Fsp3) is 0.273. The van der Waals surface area contributed by atoms with Gasteiger partial charge in [0.15, 0.2) is 5.82 Å². The third-order valence-electron chi connectivity index (χ3n) is 2.53. The van der Waals surface area contributed by atoms with Crippen LogP contribution in [0.5, 0.6) is 0 Å². The van der Waals surface area contributed by atoms with Gasteiger partial charge in [-0.3, -0.25) is 5.41 Å². The summed E-state index contributed by atoms with van der Waals surface area (Å²) in [6.45, 7) is 0.512. The molecule has 0 saturated carbocycles. The van der Waals surface area contributed by atoms with E-state index in [1.54, 1.807) is 7.05 Å². The Morgan fingerprint density at radius 1 is 1.44 bits per heavy atom. The minimum absolute atomic E-state index is 0.0459. The van der Waals surface area contributed by atoms with Crippen LogP contribution in [0, 0.1) is 5.41 Å². The number of nitrogens with zero attached hydrogens (tertiary/aromatic N) is 5. The van der Waals surface area contributed by atoms with Crippen molar-refractivity contribution in [2.75, 3.05) is 11.9 Å². The number of aryl methyl sites for hydroxylation is 1. The lowest BCUT2D eigenvalue weighted by Crippen LogP contribution is -2.22. The lowest BCUT2D eigenvalue weighted by atomic mass is 10.1. The van der Waals surface area contributed by atoms with Crippen LogP contribution < -0.4 is 10.6 Å². The first-order chi connectivity index (χ1) is 8.58. The summed E-state index contributed by atoms with van der Waals surface area (Å²) >= 11 is 0. The summed E-state index contributed by atoms with van der Waals surface area (Å²) < 4.78 is 0. The van der Waals surface area contributed by atoms with Gasteiger partial charge in [0.1, 0.15) is 5.84 Å². The Hall–Kier alpha value is -2.44. The first kappa shape index (κ1) is 12.0. The molecule has 0 aliphatic rings. The molecule has 2 aromatic rings. The van der Waals surface area contributed by atoms with Crippen LogP contribution in [-0.2, 0) is 13.6 Å². The van der Waals surface area contributed by atoms with Gasteiger partial charge in [-0.2, -0.15) is 4.80 Å². The first-order valence-corrected chi connectivity index (χ1v) is 5.45. The Morgan fingerprint density at radius 3 is 2.78 bits per heavy atom. The molecule has 0 amide bonds. The molecule has 94 valence electrons. The number of anilines is 1. The van der Waals surface area contributed by atoms with Crippen LogP contribution in [0.15, 0.2) is 24.3 Å². The largest absolute Gasteiger partial charge is 0.384 e. The predicted octanol–water partition coefficient (Wildman–Crippen LogP) is 0.131. The van der Waals surface area contributed by atoms with Crippen molar-refractivity contribution >= 4 is 11.5 Å². The van der Waals surface area contributed by atoms with E-state index in [2.05, 4.69) is 15.4 Å². The number of nitrogen functional groups attached to an aromatic ring is 1. The zero-order valence-electron chi connectivity index (χ0n) is 10.3. The van der Waals surface area contributed by atoms with Crippen molar-refractivity contribution in [3.05, 3.63) is 35.7 Å². The van der Waals surface area contributed by atoms with Crippen LogP contribution >= 0.6 is 0 Å². The standard InChI is InChI=1S/C11H15N7/c1-17(7-10-14-16-18(2)15-10)9-6-4-3-5-8(9)11(12)13/h3-6H,7H2,1-2H3,(H3,12,13). The number of para-hydroxylation sites is 1. The van der Waals surface area contributed by atoms with E-state index in [0.717, 1.165) is 5.69 Å². The van der Waals surface area contributed by atoms with Crippen molar-refractivity contribution in [2.45, 2.75) is 6.54 Å². The number of aromatic nitrogens is 4. The Morgan fingerprint density at radius 2 is 2.17 bits per heavy atom. The summed E-state index contributed by atoms with van der Waals surface area (Å²) in [4.78, 5) is 3.35. The smallest absolute Gasteiger partial charge is 0.193 e. The highest BCUT2D eigenvalue weighted by Gasteiger charge is 2.11. The van der Waals surface area contributed by atoms with Gasteiger partial charge >= 0.3 is 0 Å². The summed E-state index contributed by atoms with van der Waals surface area (Å²) in [5.41, 5.74) is 7.13. The van der Waals surface area contributed by atoms with Crippen LogP contribution in [0.2, 0.25) is 0 Å². The quantitative estimate of drug-likeness (QED) is 0.589. The van der Waals surface area contributed by atoms with Gasteiger partial charge < -0.3 is 10.6 Å². The number of hydrogen-bond donors (Lipinski definition) is 2. The zero-order valence-corrected chi connectivity index (χ0v) is 10.3. The highest BCUT2D eigenvalue weighted by molar-refractivity contribution is 6.00. The number of nitrogens with one attached hydrogen (secondary N) is 1. The SMILES string of the molecule is CN(Cc1nnn(C)n1)c1ccccc1C(=N)N. The lowest BCUT2D eigenvalue weighted by molar-refractivity contribution is 0.627.